The van der Waals surface area contributed by atoms with Gasteiger partial charge in [0, 0.05) is 22.4 Å². The van der Waals surface area contributed by atoms with Crippen LogP contribution in [0, 0.1) is 23.0 Å². The number of nitrogens with zero attached hydrogens (tertiary/aromatic N) is 2. The minimum absolute atomic E-state index is 0.105. The molecule has 0 spiro atoms. The number of methoxy groups -OCH3 is 1. The lowest BCUT2D eigenvalue weighted by molar-refractivity contribution is -0.484. The van der Waals surface area contributed by atoms with Crippen molar-refractivity contribution in [2.45, 2.75) is 37.5 Å². The van der Waals surface area contributed by atoms with E-state index < -0.39 is 33.3 Å². The van der Waals surface area contributed by atoms with Crippen LogP contribution < -0.4 is 4.74 Å². The van der Waals surface area contributed by atoms with Crippen LogP contribution in [-0.2, 0) is 14.8 Å². The van der Waals surface area contributed by atoms with Crippen molar-refractivity contribution in [3.05, 3.63) is 69.9 Å². The maximum Gasteiger partial charge on any atom is 0.268 e. The molecule has 8 nitrogen and oxygen atoms in total. The van der Waals surface area contributed by atoms with Crippen LogP contribution in [0.15, 0.2) is 53.6 Å². The molecule has 0 bridgehead atoms. The molecular formula is C23H26N2O6S. The highest BCUT2D eigenvalue weighted by Gasteiger charge is 2.32. The van der Waals surface area contributed by atoms with Gasteiger partial charge in [0.2, 0.25) is 6.54 Å². The van der Waals surface area contributed by atoms with E-state index >= 15 is 0 Å². The van der Waals surface area contributed by atoms with Gasteiger partial charge in [-0.25, -0.2) is 12.4 Å². The van der Waals surface area contributed by atoms with E-state index in [0.717, 1.165) is 15.8 Å². The smallest absolute Gasteiger partial charge is 0.268 e. The number of aryl methyl sites for hydroxylation is 1. The molecule has 2 aromatic carbocycles. The summed E-state index contributed by atoms with van der Waals surface area (Å²) in [5, 5.41) is 12.0. The number of nitro groups is 1. The summed E-state index contributed by atoms with van der Waals surface area (Å²) >= 11 is 0. The number of rotatable bonds is 10. The second-order valence-electron chi connectivity index (χ2n) is 7.79. The molecule has 1 aromatic heterocycles. The second-order valence-corrected chi connectivity index (χ2v) is 9.61. The Kier molecular flexibility index (Phi) is 6.98. The lowest BCUT2D eigenvalue weighted by Gasteiger charge is -2.19. The highest BCUT2D eigenvalue weighted by molar-refractivity contribution is 7.90. The number of aromatic nitrogens is 1. The molecule has 170 valence electrons. The van der Waals surface area contributed by atoms with Crippen molar-refractivity contribution in [1.82, 2.24) is 3.97 Å². The summed E-state index contributed by atoms with van der Waals surface area (Å²) in [7, 11) is -2.48. The van der Waals surface area contributed by atoms with Gasteiger partial charge in [-0.1, -0.05) is 31.0 Å². The fourth-order valence-electron chi connectivity index (χ4n) is 3.97. The van der Waals surface area contributed by atoms with Gasteiger partial charge in [0.1, 0.15) is 12.0 Å². The standard InChI is InChI=1S/C23H26N2O6S/c1-4-5-17(15-26)21(14-25(27)28)22-13-24(23-11-8-18(31-3)12-20(22)23)32(29,30)19-9-6-16(2)7-10-19/h6-13,15,17,21H,4-5,14H2,1-3H3/t17-,21-/m1/s1. The van der Waals surface area contributed by atoms with Crippen LogP contribution in [0.4, 0.5) is 0 Å². The number of aldehydes is 1. The Morgan fingerprint density at radius 3 is 2.44 bits per heavy atom. The van der Waals surface area contributed by atoms with Crippen LogP contribution in [-0.4, -0.2) is 37.3 Å². The van der Waals surface area contributed by atoms with Gasteiger partial charge < -0.3 is 9.53 Å². The van der Waals surface area contributed by atoms with E-state index in [1.54, 1.807) is 30.3 Å². The largest absolute Gasteiger partial charge is 0.497 e. The molecule has 0 fully saturated rings. The zero-order valence-corrected chi connectivity index (χ0v) is 19.0. The lowest BCUT2D eigenvalue weighted by Crippen LogP contribution is -2.22. The highest BCUT2D eigenvalue weighted by atomic mass is 32.2. The molecule has 3 rings (SSSR count). The number of ether oxygens (including phenoxy) is 1. The number of hydrogen-bond donors (Lipinski definition) is 0. The molecule has 0 amide bonds. The summed E-state index contributed by atoms with van der Waals surface area (Å²) in [6.07, 6.45) is 3.28. The molecule has 0 saturated heterocycles. The fourth-order valence-corrected chi connectivity index (χ4v) is 5.35. The Bertz CT molecular complexity index is 1230. The number of fused-ring (bicyclic) bond motifs is 1. The van der Waals surface area contributed by atoms with Gasteiger partial charge in [-0.2, -0.15) is 0 Å². The van der Waals surface area contributed by atoms with E-state index in [1.165, 1.54) is 25.4 Å². The van der Waals surface area contributed by atoms with Crippen molar-refractivity contribution < 1.29 is 22.9 Å². The van der Waals surface area contributed by atoms with Gasteiger partial charge in [-0.15, -0.1) is 0 Å². The van der Waals surface area contributed by atoms with Crippen molar-refractivity contribution in [2.75, 3.05) is 13.7 Å². The average Bonchev–Trinajstić information content (AvgIpc) is 3.15. The maximum absolute atomic E-state index is 13.5. The zero-order valence-electron chi connectivity index (χ0n) is 18.2. The van der Waals surface area contributed by atoms with Crippen molar-refractivity contribution in [3.8, 4) is 5.75 Å². The number of benzene rings is 2. The molecule has 0 aliphatic carbocycles. The molecule has 0 aliphatic rings. The van der Waals surface area contributed by atoms with E-state index in [9.17, 15) is 23.3 Å². The van der Waals surface area contributed by atoms with Crippen LogP contribution in [0.3, 0.4) is 0 Å². The van der Waals surface area contributed by atoms with Crippen LogP contribution in [0.1, 0.15) is 36.8 Å². The summed E-state index contributed by atoms with van der Waals surface area (Å²) < 4.78 is 33.4. The molecule has 3 aromatic rings. The number of carbonyl (C=O) groups is 1. The van der Waals surface area contributed by atoms with E-state index in [0.29, 0.717) is 35.1 Å². The van der Waals surface area contributed by atoms with E-state index in [2.05, 4.69) is 0 Å². The SMILES string of the molecule is CCC[C@H](C=O)[C@@H](C[N+](=O)[O-])c1cn(S(=O)(=O)c2ccc(C)cc2)c2ccc(OC)cc12. The Labute approximate surface area is 187 Å². The molecule has 9 heteroatoms. The monoisotopic (exact) mass is 458 g/mol. The number of carbonyl (C=O) groups excluding carboxylic acids is 1. The first-order valence-electron chi connectivity index (χ1n) is 10.3. The Hall–Kier alpha value is -3.20. The van der Waals surface area contributed by atoms with Gasteiger partial charge in [-0.3, -0.25) is 10.1 Å². The predicted octanol–water partition coefficient (Wildman–Crippen LogP) is 4.17. The maximum atomic E-state index is 13.5. The molecule has 2 atom stereocenters. The van der Waals surface area contributed by atoms with Gasteiger partial charge in [0.15, 0.2) is 0 Å². The van der Waals surface area contributed by atoms with Crippen molar-refractivity contribution >= 4 is 27.2 Å². The molecule has 0 N–H and O–H groups in total. The third-order valence-electron chi connectivity index (χ3n) is 5.65. The van der Waals surface area contributed by atoms with Gasteiger partial charge in [0.05, 0.1) is 23.4 Å². The molecule has 32 heavy (non-hydrogen) atoms. The van der Waals surface area contributed by atoms with Crippen LogP contribution in [0.25, 0.3) is 10.9 Å². The first-order valence-corrected chi connectivity index (χ1v) is 11.7. The Morgan fingerprint density at radius 2 is 1.88 bits per heavy atom. The van der Waals surface area contributed by atoms with Crippen molar-refractivity contribution in [2.24, 2.45) is 5.92 Å². The zero-order chi connectivity index (χ0) is 23.5. The second kappa shape index (κ2) is 9.52. The van der Waals surface area contributed by atoms with Gasteiger partial charge in [0.25, 0.3) is 10.0 Å². The number of hydrogen-bond acceptors (Lipinski definition) is 6. The van der Waals surface area contributed by atoms with Crippen LogP contribution >= 0.6 is 0 Å². The van der Waals surface area contributed by atoms with Crippen LogP contribution in [0.2, 0.25) is 0 Å². The first kappa shape index (κ1) is 23.5. The predicted molar refractivity (Wildman–Crippen MR) is 121 cm³/mol. The first-order chi connectivity index (χ1) is 15.2. The summed E-state index contributed by atoms with van der Waals surface area (Å²) in [4.78, 5) is 22.9. The van der Waals surface area contributed by atoms with Crippen LogP contribution in [0.5, 0.6) is 5.75 Å². The summed E-state index contributed by atoms with van der Waals surface area (Å²) in [5.74, 6) is -0.897. The van der Waals surface area contributed by atoms with E-state index in [1.807, 2.05) is 13.8 Å². The molecule has 0 saturated carbocycles. The Morgan fingerprint density at radius 1 is 1.19 bits per heavy atom. The third-order valence-corrected chi connectivity index (χ3v) is 7.33. The summed E-state index contributed by atoms with van der Waals surface area (Å²) in [5.41, 5.74) is 1.74. The molecule has 1 heterocycles. The quantitative estimate of drug-likeness (QED) is 0.256. The van der Waals surface area contributed by atoms with Gasteiger partial charge >= 0.3 is 0 Å². The lowest BCUT2D eigenvalue weighted by atomic mass is 9.84. The van der Waals surface area contributed by atoms with Crippen molar-refractivity contribution in [3.63, 3.8) is 0 Å². The van der Waals surface area contributed by atoms with E-state index in [-0.39, 0.29) is 4.90 Å². The summed E-state index contributed by atoms with van der Waals surface area (Å²) in [6, 6.07) is 11.4. The molecule has 0 radical (unpaired) electrons. The normalized spacial score (nSPS) is 13.6. The topological polar surface area (TPSA) is 109 Å². The molecular weight excluding hydrogens is 432 g/mol. The van der Waals surface area contributed by atoms with E-state index in [4.69, 9.17) is 4.74 Å². The average molecular weight is 459 g/mol. The highest BCUT2D eigenvalue weighted by Crippen LogP contribution is 2.37. The fraction of sp³-hybridized carbons (Fsp3) is 0.348. The molecule has 0 unspecified atom stereocenters. The van der Waals surface area contributed by atoms with Gasteiger partial charge in [-0.05, 0) is 49.2 Å². The Balaban J connectivity index is 2.29. The summed E-state index contributed by atoms with van der Waals surface area (Å²) in [6.45, 7) is 3.28. The third kappa shape index (κ3) is 4.52. The van der Waals surface area contributed by atoms with Crippen molar-refractivity contribution in [1.29, 1.82) is 0 Å². The minimum atomic E-state index is -3.97. The minimum Gasteiger partial charge on any atom is -0.497 e. The molecule has 0 aliphatic heterocycles.